The fraction of sp³-hybridized carbons (Fsp3) is 0.600. The van der Waals surface area contributed by atoms with E-state index in [9.17, 15) is 8.42 Å². The molecule has 6 heteroatoms. The van der Waals surface area contributed by atoms with Crippen molar-refractivity contribution in [2.45, 2.75) is 26.3 Å². The number of nitrogens with one attached hydrogen (secondary N) is 1. The topological polar surface area (TPSA) is 49.4 Å². The number of benzene rings is 1. The van der Waals surface area contributed by atoms with Gasteiger partial charge in [-0.15, -0.1) is 11.6 Å². The van der Waals surface area contributed by atoms with E-state index in [0.29, 0.717) is 11.6 Å². The molecule has 1 atom stereocenters. The lowest BCUT2D eigenvalue weighted by molar-refractivity contribution is 0.331. The van der Waals surface area contributed by atoms with E-state index in [4.69, 9.17) is 11.6 Å². The number of likely N-dealkylation sites (tertiary alicyclic amines) is 1. The van der Waals surface area contributed by atoms with Crippen molar-refractivity contribution in [3.8, 4) is 0 Å². The highest BCUT2D eigenvalue weighted by atomic mass is 35.5. The fourth-order valence-corrected chi connectivity index (χ4v) is 4.20. The molecule has 4 nitrogen and oxygen atoms in total. The third-order valence-electron chi connectivity index (χ3n) is 3.60. The Hall–Kier alpha value is -0.780. The van der Waals surface area contributed by atoms with Crippen molar-refractivity contribution in [2.75, 3.05) is 29.4 Å². The molecule has 21 heavy (non-hydrogen) atoms. The maximum absolute atomic E-state index is 12.0. The van der Waals surface area contributed by atoms with Gasteiger partial charge in [-0.2, -0.15) is 0 Å². The molecule has 118 valence electrons. The van der Waals surface area contributed by atoms with Crippen LogP contribution in [0.3, 0.4) is 0 Å². The summed E-state index contributed by atoms with van der Waals surface area (Å²) in [6.07, 6.45) is 2.55. The van der Waals surface area contributed by atoms with Gasteiger partial charge in [0.2, 0.25) is 10.0 Å². The van der Waals surface area contributed by atoms with Crippen molar-refractivity contribution >= 4 is 27.3 Å². The number of alkyl halides is 1. The zero-order valence-corrected chi connectivity index (χ0v) is 14.0. The van der Waals surface area contributed by atoms with Gasteiger partial charge < -0.3 is 0 Å². The number of nitrogens with zero attached hydrogens (tertiary/aromatic N) is 1. The first kappa shape index (κ1) is 16.6. The predicted octanol–water partition coefficient (Wildman–Crippen LogP) is 2.90. The highest BCUT2D eigenvalue weighted by Crippen LogP contribution is 2.16. The zero-order chi connectivity index (χ0) is 15.3. The van der Waals surface area contributed by atoms with E-state index < -0.39 is 10.0 Å². The predicted molar refractivity (Wildman–Crippen MR) is 88.2 cm³/mol. The van der Waals surface area contributed by atoms with Gasteiger partial charge in [0, 0.05) is 18.1 Å². The van der Waals surface area contributed by atoms with Crippen LogP contribution in [0.15, 0.2) is 24.3 Å². The van der Waals surface area contributed by atoms with E-state index in [1.165, 1.54) is 18.4 Å². The molecular formula is C15H23ClN2O2S. The molecule has 0 saturated carbocycles. The summed E-state index contributed by atoms with van der Waals surface area (Å²) in [4.78, 5) is 2.42. The lowest BCUT2D eigenvalue weighted by Crippen LogP contribution is -2.22. The summed E-state index contributed by atoms with van der Waals surface area (Å²) in [5, 5.41) is 0. The van der Waals surface area contributed by atoms with E-state index in [1.807, 2.05) is 31.2 Å². The molecular weight excluding hydrogens is 308 g/mol. The number of rotatable bonds is 7. The van der Waals surface area contributed by atoms with Crippen molar-refractivity contribution in [1.82, 2.24) is 4.90 Å². The van der Waals surface area contributed by atoms with Gasteiger partial charge in [-0.05, 0) is 49.5 Å². The summed E-state index contributed by atoms with van der Waals surface area (Å²) < 4.78 is 26.5. The van der Waals surface area contributed by atoms with E-state index in [2.05, 4.69) is 9.62 Å². The van der Waals surface area contributed by atoms with Crippen molar-refractivity contribution in [3.05, 3.63) is 29.8 Å². The van der Waals surface area contributed by atoms with E-state index >= 15 is 0 Å². The highest BCUT2D eigenvalue weighted by molar-refractivity contribution is 7.92. The van der Waals surface area contributed by atoms with Gasteiger partial charge in [-0.1, -0.05) is 19.1 Å². The molecule has 1 aromatic rings. The first-order chi connectivity index (χ1) is 9.98. The Labute approximate surface area is 132 Å². The third kappa shape index (κ3) is 5.49. The number of sulfonamides is 1. The van der Waals surface area contributed by atoms with Crippen molar-refractivity contribution < 1.29 is 8.42 Å². The van der Waals surface area contributed by atoms with Crippen LogP contribution in [0.5, 0.6) is 0 Å². The number of anilines is 1. The molecule has 1 heterocycles. The normalized spacial score (nSPS) is 17.8. The van der Waals surface area contributed by atoms with E-state index in [-0.39, 0.29) is 11.7 Å². The fourth-order valence-electron chi connectivity index (χ4n) is 2.52. The molecule has 1 saturated heterocycles. The average molecular weight is 331 g/mol. The minimum atomic E-state index is -3.33. The molecule has 1 aliphatic heterocycles. The molecule has 0 amide bonds. The van der Waals surface area contributed by atoms with Gasteiger partial charge >= 0.3 is 0 Å². The summed E-state index contributed by atoms with van der Waals surface area (Å²) >= 11 is 5.67. The van der Waals surface area contributed by atoms with Crippen molar-refractivity contribution in [1.29, 1.82) is 0 Å². The van der Waals surface area contributed by atoms with Crippen LogP contribution in [0, 0.1) is 5.92 Å². The number of hydrogen-bond donors (Lipinski definition) is 1. The Bertz CT molecular complexity index is 539. The van der Waals surface area contributed by atoms with Crippen LogP contribution in [0.4, 0.5) is 5.69 Å². The maximum Gasteiger partial charge on any atom is 0.233 e. The second-order valence-electron chi connectivity index (χ2n) is 5.82. The minimum absolute atomic E-state index is 0.0476. The van der Waals surface area contributed by atoms with Crippen LogP contribution in [0.2, 0.25) is 0 Å². The Kier molecular flexibility index (Phi) is 5.90. The van der Waals surface area contributed by atoms with Gasteiger partial charge in [0.25, 0.3) is 0 Å². The van der Waals surface area contributed by atoms with Gasteiger partial charge in [0.05, 0.1) is 5.75 Å². The third-order valence-corrected chi connectivity index (χ3v) is 5.68. The lowest BCUT2D eigenvalue weighted by Gasteiger charge is -2.15. The van der Waals surface area contributed by atoms with Crippen LogP contribution >= 0.6 is 11.6 Å². The molecule has 1 N–H and O–H groups in total. The first-order valence-electron chi connectivity index (χ1n) is 7.36. The Morgan fingerprint density at radius 1 is 1.24 bits per heavy atom. The van der Waals surface area contributed by atoms with Crippen LogP contribution < -0.4 is 4.72 Å². The molecule has 1 aromatic carbocycles. The zero-order valence-electron chi connectivity index (χ0n) is 12.4. The van der Waals surface area contributed by atoms with Gasteiger partial charge in [-0.3, -0.25) is 9.62 Å². The summed E-state index contributed by atoms with van der Waals surface area (Å²) in [7, 11) is -3.33. The van der Waals surface area contributed by atoms with Crippen molar-refractivity contribution in [3.63, 3.8) is 0 Å². The smallest absolute Gasteiger partial charge is 0.233 e. The molecule has 0 aliphatic carbocycles. The number of hydrogen-bond acceptors (Lipinski definition) is 3. The average Bonchev–Trinajstić information content (AvgIpc) is 2.93. The van der Waals surface area contributed by atoms with Crippen LogP contribution in [-0.4, -0.2) is 38.0 Å². The summed E-state index contributed by atoms with van der Waals surface area (Å²) in [6.45, 7) is 5.08. The molecule has 0 radical (unpaired) electrons. The number of halogens is 1. The van der Waals surface area contributed by atoms with Crippen molar-refractivity contribution in [2.24, 2.45) is 5.92 Å². The lowest BCUT2D eigenvalue weighted by atomic mass is 10.2. The largest absolute Gasteiger partial charge is 0.299 e. The summed E-state index contributed by atoms with van der Waals surface area (Å²) in [5.41, 5.74) is 1.83. The summed E-state index contributed by atoms with van der Waals surface area (Å²) in [6, 6.07) is 7.63. The second kappa shape index (κ2) is 7.47. The van der Waals surface area contributed by atoms with E-state index in [1.54, 1.807) is 0 Å². The first-order valence-corrected chi connectivity index (χ1v) is 9.55. The van der Waals surface area contributed by atoms with Gasteiger partial charge in [0.15, 0.2) is 0 Å². The Morgan fingerprint density at radius 3 is 2.43 bits per heavy atom. The van der Waals surface area contributed by atoms with Crippen LogP contribution in [-0.2, 0) is 16.6 Å². The van der Waals surface area contributed by atoms with Crippen LogP contribution in [0.1, 0.15) is 25.3 Å². The summed E-state index contributed by atoms with van der Waals surface area (Å²) in [5.74, 6) is 0.334. The van der Waals surface area contributed by atoms with Gasteiger partial charge in [-0.25, -0.2) is 8.42 Å². The molecule has 1 aliphatic rings. The molecule has 1 fully saturated rings. The standard InChI is InChI=1S/C15H23ClN2O2S/c1-13(10-16)12-21(19,20)17-15-6-4-14(5-7-15)11-18-8-2-3-9-18/h4-7,13,17H,2-3,8-12H2,1H3. The highest BCUT2D eigenvalue weighted by Gasteiger charge is 2.15. The van der Waals surface area contributed by atoms with Crippen LogP contribution in [0.25, 0.3) is 0 Å². The Morgan fingerprint density at radius 2 is 1.86 bits per heavy atom. The maximum atomic E-state index is 12.0. The minimum Gasteiger partial charge on any atom is -0.299 e. The second-order valence-corrected chi connectivity index (χ2v) is 7.90. The molecule has 0 bridgehead atoms. The molecule has 1 unspecified atom stereocenters. The quantitative estimate of drug-likeness (QED) is 0.782. The van der Waals surface area contributed by atoms with Gasteiger partial charge in [0.1, 0.15) is 0 Å². The molecule has 0 spiro atoms. The van der Waals surface area contributed by atoms with E-state index in [0.717, 1.165) is 19.6 Å². The SMILES string of the molecule is CC(CCl)CS(=O)(=O)Nc1ccc(CN2CCCC2)cc1. The molecule has 0 aromatic heterocycles. The molecule has 2 rings (SSSR count). The monoisotopic (exact) mass is 330 g/mol. The Balaban J connectivity index is 1.92.